The van der Waals surface area contributed by atoms with E-state index in [4.69, 9.17) is 39.8 Å². The van der Waals surface area contributed by atoms with Crippen LogP contribution in [0, 0.1) is 6.92 Å². The van der Waals surface area contributed by atoms with Gasteiger partial charge in [-0.1, -0.05) is 53.5 Å². The van der Waals surface area contributed by atoms with Gasteiger partial charge in [-0.15, -0.1) is 11.6 Å². The van der Waals surface area contributed by atoms with E-state index in [0.29, 0.717) is 27.3 Å². The number of hydrogen-bond acceptors (Lipinski definition) is 2. The number of fused-ring (bicyclic) bond motifs is 1. The van der Waals surface area contributed by atoms with Gasteiger partial charge in [0.2, 0.25) is 0 Å². The molecule has 0 aliphatic carbocycles. The molecule has 0 fully saturated rings. The van der Waals surface area contributed by atoms with Crippen molar-refractivity contribution < 1.29 is 0 Å². The van der Waals surface area contributed by atoms with E-state index in [2.05, 4.69) is 5.10 Å². The van der Waals surface area contributed by atoms with Crippen LogP contribution in [0.15, 0.2) is 53.3 Å². The molecule has 0 aliphatic rings. The summed E-state index contributed by atoms with van der Waals surface area (Å²) in [5.41, 5.74) is 5.08. The highest BCUT2D eigenvalue weighted by molar-refractivity contribution is 6.36. The van der Waals surface area contributed by atoms with Crippen LogP contribution in [-0.2, 0) is 5.88 Å². The van der Waals surface area contributed by atoms with E-state index in [-0.39, 0.29) is 5.56 Å². The number of nitrogens with zero attached hydrogens (tertiary/aromatic N) is 2. The highest BCUT2D eigenvalue weighted by Gasteiger charge is 2.17. The van der Waals surface area contributed by atoms with Crippen LogP contribution in [-0.4, -0.2) is 14.6 Å². The zero-order valence-corrected chi connectivity index (χ0v) is 16.5. The van der Waals surface area contributed by atoms with Gasteiger partial charge in [0.1, 0.15) is 0 Å². The van der Waals surface area contributed by atoms with Crippen molar-refractivity contribution in [3.63, 3.8) is 0 Å². The molecule has 0 atom stereocenters. The van der Waals surface area contributed by atoms with E-state index >= 15 is 0 Å². The number of aryl methyl sites for hydroxylation is 1. The number of halogens is 3. The van der Waals surface area contributed by atoms with Gasteiger partial charge in [-0.3, -0.25) is 9.89 Å². The lowest BCUT2D eigenvalue weighted by atomic mass is 10.1. The fourth-order valence-electron chi connectivity index (χ4n) is 3.08. The SMILES string of the molecule is Cc1[nH]n2c(=O)cc(-c3ccc(CCl)cc3)nc2c1-c1ccc(Cl)cc1Cl. The third-order valence-corrected chi connectivity index (χ3v) is 5.26. The Morgan fingerprint density at radius 1 is 1.07 bits per heavy atom. The lowest BCUT2D eigenvalue weighted by Gasteiger charge is -2.06. The Balaban J connectivity index is 1.96. The van der Waals surface area contributed by atoms with Crippen molar-refractivity contribution in [2.75, 3.05) is 0 Å². The van der Waals surface area contributed by atoms with E-state index in [9.17, 15) is 4.79 Å². The topological polar surface area (TPSA) is 50.2 Å². The third-order valence-electron chi connectivity index (χ3n) is 4.40. The summed E-state index contributed by atoms with van der Waals surface area (Å²) in [7, 11) is 0. The van der Waals surface area contributed by atoms with Crippen LogP contribution < -0.4 is 5.56 Å². The maximum atomic E-state index is 12.6. The molecule has 0 amide bonds. The number of aromatic nitrogens is 3. The van der Waals surface area contributed by atoms with Crippen molar-refractivity contribution in [2.45, 2.75) is 12.8 Å². The molecule has 2 aromatic carbocycles. The van der Waals surface area contributed by atoms with E-state index < -0.39 is 0 Å². The Morgan fingerprint density at radius 3 is 2.48 bits per heavy atom. The number of alkyl halides is 1. The quantitative estimate of drug-likeness (QED) is 0.433. The van der Waals surface area contributed by atoms with Crippen molar-refractivity contribution in [3.8, 4) is 22.4 Å². The highest BCUT2D eigenvalue weighted by atomic mass is 35.5. The van der Waals surface area contributed by atoms with E-state index in [1.807, 2.05) is 37.3 Å². The summed E-state index contributed by atoms with van der Waals surface area (Å²) in [5.74, 6) is 0.436. The summed E-state index contributed by atoms with van der Waals surface area (Å²) in [5, 5.41) is 4.11. The molecule has 7 heteroatoms. The van der Waals surface area contributed by atoms with Gasteiger partial charge in [0.05, 0.1) is 10.7 Å². The predicted molar refractivity (Wildman–Crippen MR) is 111 cm³/mol. The molecule has 0 radical (unpaired) electrons. The minimum atomic E-state index is -0.198. The minimum absolute atomic E-state index is 0.198. The van der Waals surface area contributed by atoms with Crippen LogP contribution in [0.3, 0.4) is 0 Å². The first-order valence-electron chi connectivity index (χ1n) is 8.21. The van der Waals surface area contributed by atoms with E-state index in [0.717, 1.165) is 27.9 Å². The Hall–Kier alpha value is -2.27. The number of hydrogen-bond donors (Lipinski definition) is 1. The second kappa shape index (κ2) is 7.04. The van der Waals surface area contributed by atoms with Crippen LogP contribution in [0.5, 0.6) is 0 Å². The monoisotopic (exact) mass is 417 g/mol. The molecule has 0 saturated carbocycles. The van der Waals surface area contributed by atoms with Crippen molar-refractivity contribution in [1.29, 1.82) is 0 Å². The first-order chi connectivity index (χ1) is 13.0. The second-order valence-corrected chi connectivity index (χ2v) is 7.32. The van der Waals surface area contributed by atoms with Gasteiger partial charge in [0.25, 0.3) is 5.56 Å². The maximum Gasteiger partial charge on any atom is 0.273 e. The van der Waals surface area contributed by atoms with Gasteiger partial charge in [0.15, 0.2) is 5.65 Å². The molecule has 136 valence electrons. The minimum Gasteiger partial charge on any atom is -0.293 e. The zero-order valence-electron chi connectivity index (χ0n) is 14.3. The summed E-state index contributed by atoms with van der Waals surface area (Å²) < 4.78 is 1.42. The zero-order chi connectivity index (χ0) is 19.1. The first kappa shape index (κ1) is 18.1. The summed E-state index contributed by atoms with van der Waals surface area (Å²) in [6, 6.07) is 14.4. The molecule has 0 saturated heterocycles. The average molecular weight is 419 g/mol. The van der Waals surface area contributed by atoms with Crippen LogP contribution in [0.4, 0.5) is 0 Å². The van der Waals surface area contributed by atoms with Gasteiger partial charge in [-0.25, -0.2) is 9.50 Å². The van der Waals surface area contributed by atoms with Gasteiger partial charge in [0, 0.05) is 39.4 Å². The molecule has 27 heavy (non-hydrogen) atoms. The number of H-pyrrole nitrogens is 1. The van der Waals surface area contributed by atoms with Gasteiger partial charge < -0.3 is 0 Å². The standard InChI is InChI=1S/C20H14Cl3N3O/c1-11-19(15-7-6-14(22)8-16(15)23)20-24-17(9-18(27)26(20)25-11)13-4-2-12(10-21)3-5-13/h2-9,25H,10H2,1H3. The highest BCUT2D eigenvalue weighted by Crippen LogP contribution is 2.34. The lowest BCUT2D eigenvalue weighted by Crippen LogP contribution is -2.14. The average Bonchev–Trinajstić information content (AvgIpc) is 2.98. The number of rotatable bonds is 3. The molecule has 4 nitrogen and oxygen atoms in total. The molecular formula is C20H14Cl3N3O. The molecular weight excluding hydrogens is 405 g/mol. The van der Waals surface area contributed by atoms with Crippen LogP contribution in [0.1, 0.15) is 11.3 Å². The molecule has 0 unspecified atom stereocenters. The fourth-order valence-corrected chi connectivity index (χ4v) is 3.76. The summed E-state index contributed by atoms with van der Waals surface area (Å²) >= 11 is 18.3. The molecule has 0 bridgehead atoms. The van der Waals surface area contributed by atoms with Crippen molar-refractivity contribution in [2.24, 2.45) is 0 Å². The van der Waals surface area contributed by atoms with E-state index in [1.54, 1.807) is 12.1 Å². The smallest absolute Gasteiger partial charge is 0.273 e. The molecule has 1 N–H and O–H groups in total. The summed E-state index contributed by atoms with van der Waals surface area (Å²) in [6.45, 7) is 1.88. The molecule has 0 aliphatic heterocycles. The molecule has 2 heterocycles. The van der Waals surface area contributed by atoms with Gasteiger partial charge in [-0.2, -0.15) is 0 Å². The summed E-state index contributed by atoms with van der Waals surface area (Å²) in [6.07, 6.45) is 0. The third kappa shape index (κ3) is 3.25. The van der Waals surface area contributed by atoms with Crippen molar-refractivity contribution in [3.05, 3.63) is 80.2 Å². The van der Waals surface area contributed by atoms with Crippen molar-refractivity contribution >= 4 is 40.4 Å². The van der Waals surface area contributed by atoms with Gasteiger partial charge in [-0.05, 0) is 24.6 Å². The Kier molecular flexibility index (Phi) is 4.72. The molecule has 4 rings (SSSR count). The predicted octanol–water partition coefficient (Wildman–Crippen LogP) is 5.71. The first-order valence-corrected chi connectivity index (χ1v) is 9.50. The Bertz CT molecular complexity index is 1210. The van der Waals surface area contributed by atoms with Gasteiger partial charge >= 0.3 is 0 Å². The maximum absolute atomic E-state index is 12.6. The van der Waals surface area contributed by atoms with Crippen LogP contribution in [0.25, 0.3) is 28.0 Å². The molecule has 2 aromatic heterocycles. The normalized spacial score (nSPS) is 11.3. The second-order valence-electron chi connectivity index (χ2n) is 6.21. The number of aromatic amines is 1. The van der Waals surface area contributed by atoms with Crippen LogP contribution in [0.2, 0.25) is 10.0 Å². The summed E-state index contributed by atoms with van der Waals surface area (Å²) in [4.78, 5) is 17.4. The largest absolute Gasteiger partial charge is 0.293 e. The fraction of sp³-hybridized carbons (Fsp3) is 0.100. The number of benzene rings is 2. The van der Waals surface area contributed by atoms with Crippen LogP contribution >= 0.6 is 34.8 Å². The Labute approximate surface area is 170 Å². The number of nitrogens with one attached hydrogen (secondary N) is 1. The van der Waals surface area contributed by atoms with E-state index in [1.165, 1.54) is 10.6 Å². The Morgan fingerprint density at radius 2 is 1.81 bits per heavy atom. The van der Waals surface area contributed by atoms with Crippen molar-refractivity contribution in [1.82, 2.24) is 14.6 Å². The molecule has 0 spiro atoms. The molecule has 4 aromatic rings. The lowest BCUT2D eigenvalue weighted by molar-refractivity contribution is 0.882.